The fourth-order valence-electron chi connectivity index (χ4n) is 1.35. The maximum Gasteiger partial charge on any atom is 0.0993 e. The summed E-state index contributed by atoms with van der Waals surface area (Å²) in [4.78, 5) is 0. The molecule has 66 valence electrons. The van der Waals surface area contributed by atoms with Gasteiger partial charge in [0.05, 0.1) is 25.7 Å². The van der Waals surface area contributed by atoms with Crippen LogP contribution in [0.15, 0.2) is 0 Å². The van der Waals surface area contributed by atoms with Crippen molar-refractivity contribution in [1.29, 1.82) is 0 Å². The smallest absolute Gasteiger partial charge is 0.0654 e. The van der Waals surface area contributed by atoms with Crippen LogP contribution in [0, 0.1) is 17.8 Å². The third-order valence-electron chi connectivity index (χ3n) is 2.78. The van der Waals surface area contributed by atoms with Gasteiger partial charge in [0, 0.05) is 0 Å². The summed E-state index contributed by atoms with van der Waals surface area (Å²) in [6.45, 7) is 11.5. The monoisotopic (exact) mass is 155 g/mol. The van der Waals surface area contributed by atoms with Gasteiger partial charge < -0.3 is 0 Å². The standard InChI is InChI=1S/C11H23/c1-6-7-8-10(4)11(5)9(2)3/h10-11H,6-8H2,1-5H3/q+1. The van der Waals surface area contributed by atoms with Crippen LogP contribution in [-0.4, -0.2) is 0 Å². The van der Waals surface area contributed by atoms with Gasteiger partial charge in [-0.3, -0.25) is 0 Å². The lowest BCUT2D eigenvalue weighted by Gasteiger charge is -2.15. The van der Waals surface area contributed by atoms with Gasteiger partial charge in [-0.2, -0.15) is 0 Å². The molecule has 0 aromatic heterocycles. The predicted molar refractivity (Wildman–Crippen MR) is 52.4 cm³/mol. The molecule has 0 saturated carbocycles. The molecule has 0 heteroatoms. The summed E-state index contributed by atoms with van der Waals surface area (Å²) >= 11 is 0. The zero-order valence-electron chi connectivity index (χ0n) is 8.78. The van der Waals surface area contributed by atoms with Crippen LogP contribution in [0.25, 0.3) is 0 Å². The fourth-order valence-corrected chi connectivity index (χ4v) is 1.35. The van der Waals surface area contributed by atoms with Crippen molar-refractivity contribution >= 4 is 0 Å². The average molecular weight is 155 g/mol. The lowest BCUT2D eigenvalue weighted by atomic mass is 9.83. The predicted octanol–water partition coefficient (Wildman–Crippen LogP) is 4.06. The van der Waals surface area contributed by atoms with Gasteiger partial charge in [-0.15, -0.1) is 0 Å². The molecule has 0 nitrogen and oxygen atoms in total. The van der Waals surface area contributed by atoms with E-state index >= 15 is 0 Å². The van der Waals surface area contributed by atoms with Crippen LogP contribution >= 0.6 is 0 Å². The highest BCUT2D eigenvalue weighted by Crippen LogP contribution is 2.25. The molecule has 0 amide bonds. The topological polar surface area (TPSA) is 0 Å². The molecule has 0 fully saturated rings. The molecule has 0 aromatic carbocycles. The van der Waals surface area contributed by atoms with Crippen molar-refractivity contribution in [3.63, 3.8) is 0 Å². The van der Waals surface area contributed by atoms with Gasteiger partial charge >= 0.3 is 0 Å². The lowest BCUT2D eigenvalue weighted by Crippen LogP contribution is -2.12. The second-order valence-corrected chi connectivity index (χ2v) is 3.99. The number of rotatable bonds is 5. The second-order valence-electron chi connectivity index (χ2n) is 3.99. The first-order chi connectivity index (χ1) is 5.09. The van der Waals surface area contributed by atoms with Gasteiger partial charge in [0.2, 0.25) is 0 Å². The maximum atomic E-state index is 2.37. The van der Waals surface area contributed by atoms with E-state index in [4.69, 9.17) is 0 Å². The Kier molecular flexibility index (Phi) is 5.45. The van der Waals surface area contributed by atoms with E-state index in [1.165, 1.54) is 19.3 Å². The van der Waals surface area contributed by atoms with Gasteiger partial charge in [-0.25, -0.2) is 0 Å². The average Bonchev–Trinajstić information content (AvgIpc) is 1.98. The molecule has 0 heterocycles. The number of unbranched alkanes of at least 4 members (excludes halogenated alkanes) is 1. The van der Waals surface area contributed by atoms with Crippen molar-refractivity contribution in [3.05, 3.63) is 5.92 Å². The third-order valence-corrected chi connectivity index (χ3v) is 2.78. The summed E-state index contributed by atoms with van der Waals surface area (Å²) in [5, 5.41) is 0. The normalized spacial score (nSPS) is 16.1. The van der Waals surface area contributed by atoms with E-state index in [9.17, 15) is 0 Å². The maximum absolute atomic E-state index is 2.37. The van der Waals surface area contributed by atoms with Crippen molar-refractivity contribution in [1.82, 2.24) is 0 Å². The van der Waals surface area contributed by atoms with E-state index < -0.39 is 0 Å². The van der Waals surface area contributed by atoms with Crippen LogP contribution in [0.3, 0.4) is 0 Å². The molecule has 11 heavy (non-hydrogen) atoms. The van der Waals surface area contributed by atoms with E-state index in [1.54, 1.807) is 5.92 Å². The van der Waals surface area contributed by atoms with Gasteiger partial charge in [0.1, 0.15) is 0 Å². The summed E-state index contributed by atoms with van der Waals surface area (Å²) in [6.07, 6.45) is 4.11. The van der Waals surface area contributed by atoms with Crippen molar-refractivity contribution in [2.75, 3.05) is 0 Å². The Bertz CT molecular complexity index is 84.0. The Hall–Kier alpha value is -0.130. The molecule has 0 saturated heterocycles. The van der Waals surface area contributed by atoms with Crippen LogP contribution < -0.4 is 0 Å². The van der Waals surface area contributed by atoms with Crippen LogP contribution in [0.5, 0.6) is 0 Å². The highest BCUT2D eigenvalue weighted by atomic mass is 14.2. The highest BCUT2D eigenvalue weighted by molar-refractivity contribution is 4.86. The summed E-state index contributed by atoms with van der Waals surface area (Å²) < 4.78 is 0. The quantitative estimate of drug-likeness (QED) is 0.525. The van der Waals surface area contributed by atoms with Crippen LogP contribution in [-0.2, 0) is 0 Å². The van der Waals surface area contributed by atoms with Crippen molar-refractivity contribution in [2.45, 2.75) is 53.9 Å². The van der Waals surface area contributed by atoms with E-state index in [0.717, 1.165) is 11.8 Å². The first kappa shape index (κ1) is 10.9. The fraction of sp³-hybridized carbons (Fsp3) is 0.909. The van der Waals surface area contributed by atoms with Gasteiger partial charge in [0.15, 0.2) is 0 Å². The zero-order valence-corrected chi connectivity index (χ0v) is 8.78. The number of hydrogen-bond acceptors (Lipinski definition) is 0. The minimum Gasteiger partial charge on any atom is -0.0654 e. The zero-order chi connectivity index (χ0) is 8.85. The molecule has 0 spiro atoms. The van der Waals surface area contributed by atoms with Gasteiger partial charge in [-0.1, -0.05) is 26.7 Å². The van der Waals surface area contributed by atoms with Crippen molar-refractivity contribution in [3.8, 4) is 0 Å². The molecule has 0 rings (SSSR count). The van der Waals surface area contributed by atoms with Crippen LogP contribution in [0.4, 0.5) is 0 Å². The lowest BCUT2D eigenvalue weighted by molar-refractivity contribution is 0.368. The van der Waals surface area contributed by atoms with Gasteiger partial charge in [-0.05, 0) is 19.3 Å². The Morgan fingerprint density at radius 2 is 1.73 bits per heavy atom. The second kappa shape index (κ2) is 5.51. The molecular formula is C11H23+. The van der Waals surface area contributed by atoms with Crippen molar-refractivity contribution in [2.24, 2.45) is 11.8 Å². The molecule has 0 aliphatic carbocycles. The van der Waals surface area contributed by atoms with E-state index in [2.05, 4.69) is 34.6 Å². The first-order valence-electron chi connectivity index (χ1n) is 4.89. The summed E-state index contributed by atoms with van der Waals surface area (Å²) in [5.41, 5.74) is 0. The third kappa shape index (κ3) is 4.34. The Balaban J connectivity index is 3.55. The van der Waals surface area contributed by atoms with Crippen LogP contribution in [0.2, 0.25) is 0 Å². The Labute approximate surface area is 72.4 Å². The SMILES string of the molecule is CCCCC(C)C(C)[C+](C)C. The molecule has 2 atom stereocenters. The van der Waals surface area contributed by atoms with Crippen LogP contribution in [0.1, 0.15) is 53.9 Å². The summed E-state index contributed by atoms with van der Waals surface area (Å²) in [6, 6.07) is 0. The van der Waals surface area contributed by atoms with E-state index in [-0.39, 0.29) is 0 Å². The molecule has 0 aliphatic heterocycles. The molecule has 0 aromatic rings. The van der Waals surface area contributed by atoms with Gasteiger partial charge in [0.25, 0.3) is 0 Å². The van der Waals surface area contributed by atoms with E-state index in [1.807, 2.05) is 0 Å². The Morgan fingerprint density at radius 3 is 2.09 bits per heavy atom. The van der Waals surface area contributed by atoms with E-state index in [0.29, 0.717) is 0 Å². The molecule has 0 N–H and O–H groups in total. The minimum atomic E-state index is 0.807. The molecular weight excluding hydrogens is 132 g/mol. The molecule has 0 bridgehead atoms. The first-order valence-corrected chi connectivity index (χ1v) is 4.89. The largest absolute Gasteiger partial charge is 0.0993 e. The highest BCUT2D eigenvalue weighted by Gasteiger charge is 2.23. The number of hydrogen-bond donors (Lipinski definition) is 0. The molecule has 0 radical (unpaired) electrons. The summed E-state index contributed by atoms with van der Waals surface area (Å²) in [7, 11) is 0. The summed E-state index contributed by atoms with van der Waals surface area (Å²) in [5.74, 6) is 3.26. The minimum absolute atomic E-state index is 0.807. The molecule has 0 aliphatic rings. The Morgan fingerprint density at radius 1 is 1.18 bits per heavy atom. The van der Waals surface area contributed by atoms with Crippen molar-refractivity contribution < 1.29 is 0 Å². The molecule has 2 unspecified atom stereocenters.